The molecule has 0 aliphatic carbocycles. The van der Waals surface area contributed by atoms with Crippen LogP contribution in [-0.2, 0) is 14.3 Å². The highest BCUT2D eigenvalue weighted by Gasteiger charge is 2.43. The van der Waals surface area contributed by atoms with E-state index in [-0.39, 0.29) is 23.2 Å². The van der Waals surface area contributed by atoms with Crippen molar-refractivity contribution in [3.63, 3.8) is 0 Å². The summed E-state index contributed by atoms with van der Waals surface area (Å²) >= 11 is 3.37. The van der Waals surface area contributed by atoms with Gasteiger partial charge in [-0.25, -0.2) is 4.79 Å². The molecule has 0 aromatic heterocycles. The summed E-state index contributed by atoms with van der Waals surface area (Å²) in [4.78, 5) is 11.0. The standard InChI is InChI=1S/C6H7BrO3/c7-3-1-2-4-5(8)10-6(3)9-4/h3-4,6H,1-2H2. The van der Waals surface area contributed by atoms with Crippen molar-refractivity contribution < 1.29 is 14.3 Å². The molecule has 0 amide bonds. The number of hydrogen-bond donors (Lipinski definition) is 0. The van der Waals surface area contributed by atoms with E-state index >= 15 is 0 Å². The first-order valence-electron chi connectivity index (χ1n) is 3.27. The zero-order valence-corrected chi connectivity index (χ0v) is 6.83. The van der Waals surface area contributed by atoms with Crippen LogP contribution in [0.3, 0.4) is 0 Å². The maximum absolute atomic E-state index is 10.8. The van der Waals surface area contributed by atoms with E-state index in [0.29, 0.717) is 0 Å². The highest BCUT2D eigenvalue weighted by atomic mass is 79.9. The minimum Gasteiger partial charge on any atom is -0.433 e. The molecular weight excluding hydrogens is 200 g/mol. The average molecular weight is 207 g/mol. The molecule has 2 rings (SSSR count). The normalized spacial score (nSPS) is 45.3. The van der Waals surface area contributed by atoms with Gasteiger partial charge in [-0.2, -0.15) is 0 Å². The lowest BCUT2D eigenvalue weighted by atomic mass is 10.1. The summed E-state index contributed by atoms with van der Waals surface area (Å²) in [5.41, 5.74) is 0. The third-order valence-electron chi connectivity index (χ3n) is 1.79. The number of rotatable bonds is 0. The third kappa shape index (κ3) is 0.864. The zero-order valence-electron chi connectivity index (χ0n) is 5.25. The predicted molar refractivity (Wildman–Crippen MR) is 36.7 cm³/mol. The lowest BCUT2D eigenvalue weighted by Crippen LogP contribution is -2.28. The van der Waals surface area contributed by atoms with Crippen molar-refractivity contribution in [1.82, 2.24) is 0 Å². The van der Waals surface area contributed by atoms with Crippen LogP contribution in [0.2, 0.25) is 0 Å². The van der Waals surface area contributed by atoms with E-state index < -0.39 is 0 Å². The van der Waals surface area contributed by atoms with E-state index in [9.17, 15) is 4.79 Å². The number of hydrogen-bond acceptors (Lipinski definition) is 3. The van der Waals surface area contributed by atoms with Crippen LogP contribution in [0.4, 0.5) is 0 Å². The molecule has 2 aliphatic heterocycles. The minimum absolute atomic E-state index is 0.190. The first-order valence-corrected chi connectivity index (χ1v) is 4.19. The van der Waals surface area contributed by atoms with Gasteiger partial charge in [0.05, 0.1) is 4.83 Å². The number of carbonyl (C=O) groups excluding carboxylic acids is 1. The number of carbonyl (C=O) groups is 1. The van der Waals surface area contributed by atoms with Gasteiger partial charge in [-0.15, -0.1) is 0 Å². The molecule has 56 valence electrons. The Bertz CT molecular complexity index is 170. The van der Waals surface area contributed by atoms with E-state index in [1.54, 1.807) is 0 Å². The second kappa shape index (κ2) is 2.20. The topological polar surface area (TPSA) is 35.5 Å². The van der Waals surface area contributed by atoms with Crippen molar-refractivity contribution in [1.29, 1.82) is 0 Å². The molecule has 2 bridgehead atoms. The van der Waals surface area contributed by atoms with Crippen molar-refractivity contribution in [2.45, 2.75) is 30.1 Å². The van der Waals surface area contributed by atoms with Crippen molar-refractivity contribution in [2.24, 2.45) is 0 Å². The van der Waals surface area contributed by atoms with Gasteiger partial charge < -0.3 is 9.47 Å². The van der Waals surface area contributed by atoms with Crippen LogP contribution in [-0.4, -0.2) is 23.2 Å². The molecule has 2 aliphatic rings. The molecule has 0 saturated carbocycles. The number of alkyl halides is 1. The van der Waals surface area contributed by atoms with Crippen LogP contribution in [0.5, 0.6) is 0 Å². The predicted octanol–water partition coefficient (Wildman–Crippen LogP) is 0.812. The first kappa shape index (κ1) is 6.61. The van der Waals surface area contributed by atoms with Crippen LogP contribution in [0.15, 0.2) is 0 Å². The Balaban J connectivity index is 2.15. The lowest BCUT2D eigenvalue weighted by Gasteiger charge is -2.20. The van der Waals surface area contributed by atoms with Gasteiger partial charge in [0.2, 0.25) is 6.29 Å². The van der Waals surface area contributed by atoms with Gasteiger partial charge >= 0.3 is 5.97 Å². The molecule has 3 atom stereocenters. The van der Waals surface area contributed by atoms with Gasteiger partial charge in [0.1, 0.15) is 0 Å². The maximum Gasteiger partial charge on any atom is 0.337 e. The number of halogens is 1. The smallest absolute Gasteiger partial charge is 0.337 e. The summed E-state index contributed by atoms with van der Waals surface area (Å²) in [7, 11) is 0. The minimum atomic E-state index is -0.328. The van der Waals surface area contributed by atoms with E-state index in [0.717, 1.165) is 12.8 Å². The Hall–Kier alpha value is -0.0900. The third-order valence-corrected chi connectivity index (χ3v) is 2.68. The summed E-state index contributed by atoms with van der Waals surface area (Å²) in [5.74, 6) is -0.202. The van der Waals surface area contributed by atoms with E-state index in [2.05, 4.69) is 15.9 Å². The maximum atomic E-state index is 10.8. The second-order valence-corrected chi connectivity index (χ2v) is 3.70. The largest absolute Gasteiger partial charge is 0.433 e. The molecule has 3 unspecified atom stereocenters. The van der Waals surface area contributed by atoms with Crippen LogP contribution in [0, 0.1) is 0 Å². The Labute approximate surface area is 66.8 Å². The lowest BCUT2D eigenvalue weighted by molar-refractivity contribution is -0.142. The Morgan fingerprint density at radius 3 is 3.00 bits per heavy atom. The van der Waals surface area contributed by atoms with Crippen molar-refractivity contribution in [3.05, 3.63) is 0 Å². The molecule has 0 aromatic carbocycles. The molecule has 2 saturated heterocycles. The molecule has 10 heavy (non-hydrogen) atoms. The summed E-state index contributed by atoms with van der Waals surface area (Å²) in [6, 6.07) is 0. The average Bonchev–Trinajstić information content (AvgIpc) is 2.21. The van der Waals surface area contributed by atoms with Crippen LogP contribution >= 0.6 is 15.9 Å². The van der Waals surface area contributed by atoms with E-state index in [1.165, 1.54) is 0 Å². The number of esters is 1. The number of ether oxygens (including phenoxy) is 2. The Morgan fingerprint density at radius 1 is 1.50 bits per heavy atom. The number of fused-ring (bicyclic) bond motifs is 2. The van der Waals surface area contributed by atoms with Crippen molar-refractivity contribution >= 4 is 21.9 Å². The van der Waals surface area contributed by atoms with Gasteiger partial charge in [-0.1, -0.05) is 15.9 Å². The van der Waals surface area contributed by atoms with Crippen LogP contribution in [0.25, 0.3) is 0 Å². The molecule has 2 heterocycles. The van der Waals surface area contributed by atoms with Gasteiger partial charge in [-0.3, -0.25) is 0 Å². The van der Waals surface area contributed by atoms with Gasteiger partial charge in [0, 0.05) is 0 Å². The van der Waals surface area contributed by atoms with Gasteiger partial charge in [-0.05, 0) is 12.8 Å². The molecule has 3 nitrogen and oxygen atoms in total. The quantitative estimate of drug-likeness (QED) is 0.435. The van der Waals surface area contributed by atoms with Gasteiger partial charge in [0.15, 0.2) is 6.10 Å². The second-order valence-electron chi connectivity index (χ2n) is 2.52. The fourth-order valence-corrected chi connectivity index (χ4v) is 1.72. The molecule has 0 radical (unpaired) electrons. The fourth-order valence-electron chi connectivity index (χ4n) is 1.23. The summed E-state index contributed by atoms with van der Waals surface area (Å²) in [6.07, 6.45) is 1.14. The van der Waals surface area contributed by atoms with E-state index in [1.807, 2.05) is 0 Å². The zero-order chi connectivity index (χ0) is 7.14. The molecule has 4 heteroatoms. The summed E-state index contributed by atoms with van der Waals surface area (Å²) in [5, 5.41) is 0. The van der Waals surface area contributed by atoms with E-state index in [4.69, 9.17) is 9.47 Å². The molecule has 0 N–H and O–H groups in total. The molecule has 0 aromatic rings. The highest BCUT2D eigenvalue weighted by molar-refractivity contribution is 9.09. The molecular formula is C6H7BrO3. The monoisotopic (exact) mass is 206 g/mol. The fraction of sp³-hybridized carbons (Fsp3) is 0.833. The Morgan fingerprint density at radius 2 is 2.30 bits per heavy atom. The van der Waals surface area contributed by atoms with Crippen LogP contribution < -0.4 is 0 Å². The first-order chi connectivity index (χ1) is 4.77. The molecule has 2 fully saturated rings. The SMILES string of the molecule is O=C1OC2OC1CCC2Br. The Kier molecular flexibility index (Phi) is 1.46. The summed E-state index contributed by atoms with van der Waals surface area (Å²) < 4.78 is 10.1. The molecule has 0 spiro atoms. The highest BCUT2D eigenvalue weighted by Crippen LogP contribution is 2.31. The van der Waals surface area contributed by atoms with Crippen molar-refractivity contribution in [2.75, 3.05) is 0 Å². The van der Waals surface area contributed by atoms with Gasteiger partial charge in [0.25, 0.3) is 0 Å². The van der Waals surface area contributed by atoms with Crippen molar-refractivity contribution in [3.8, 4) is 0 Å². The van der Waals surface area contributed by atoms with Crippen LogP contribution in [0.1, 0.15) is 12.8 Å². The summed E-state index contributed by atoms with van der Waals surface area (Å²) in [6.45, 7) is 0.